The molecule has 1 fully saturated rings. The molecule has 0 saturated carbocycles. The molecule has 2 rings (SSSR count). The summed E-state index contributed by atoms with van der Waals surface area (Å²) in [4.78, 5) is -0.411. The van der Waals surface area contributed by atoms with Gasteiger partial charge in [-0.2, -0.15) is 11.8 Å². The number of sulfonamides is 1. The van der Waals surface area contributed by atoms with E-state index in [0.29, 0.717) is 5.75 Å². The number of thioether (sulfide) groups is 1. The lowest BCUT2D eigenvalue weighted by molar-refractivity contribution is 0.542. The summed E-state index contributed by atoms with van der Waals surface area (Å²) in [5.41, 5.74) is 5.74. The lowest BCUT2D eigenvalue weighted by Crippen LogP contribution is -2.35. The topological polar surface area (TPSA) is 72.2 Å². The fourth-order valence-corrected chi connectivity index (χ4v) is 4.96. The summed E-state index contributed by atoms with van der Waals surface area (Å²) in [5, 5.41) is 0. The number of nitrogen functional groups attached to an aromatic ring is 1. The monoisotopic (exact) mass is 354 g/mol. The molecule has 1 atom stereocenters. The quantitative estimate of drug-likeness (QED) is 0.813. The van der Waals surface area contributed by atoms with Crippen molar-refractivity contribution in [2.24, 2.45) is 0 Å². The van der Waals surface area contributed by atoms with Gasteiger partial charge >= 0.3 is 0 Å². The third-order valence-corrected chi connectivity index (χ3v) is 5.82. The van der Waals surface area contributed by atoms with E-state index in [4.69, 9.17) is 5.73 Å². The van der Waals surface area contributed by atoms with Crippen molar-refractivity contribution in [2.45, 2.75) is 17.4 Å². The van der Waals surface area contributed by atoms with E-state index in [-0.39, 0.29) is 16.2 Å². The minimum absolute atomic E-state index is 0.0451. The number of halogens is 2. The summed E-state index contributed by atoms with van der Waals surface area (Å²) < 4.78 is 40.5. The summed E-state index contributed by atoms with van der Waals surface area (Å²) in [7, 11) is -3.87. The number of rotatable bonds is 3. The van der Waals surface area contributed by atoms with Crippen LogP contribution in [0.5, 0.6) is 0 Å². The molecule has 1 unspecified atom stereocenters. The van der Waals surface area contributed by atoms with Gasteiger partial charge in [-0.05, 0) is 40.2 Å². The van der Waals surface area contributed by atoms with Crippen molar-refractivity contribution in [1.82, 2.24) is 4.72 Å². The van der Waals surface area contributed by atoms with Crippen LogP contribution in [0.4, 0.5) is 10.1 Å². The van der Waals surface area contributed by atoms with Gasteiger partial charge in [0.2, 0.25) is 10.0 Å². The van der Waals surface area contributed by atoms with Crippen LogP contribution in [0.25, 0.3) is 0 Å². The molecule has 1 aliphatic heterocycles. The van der Waals surface area contributed by atoms with Crippen molar-refractivity contribution in [3.05, 3.63) is 22.4 Å². The fourth-order valence-electron chi connectivity index (χ4n) is 1.69. The Morgan fingerprint density at radius 2 is 2.22 bits per heavy atom. The summed E-state index contributed by atoms with van der Waals surface area (Å²) in [5.74, 6) is 0.808. The molecule has 4 nitrogen and oxygen atoms in total. The van der Waals surface area contributed by atoms with E-state index in [9.17, 15) is 12.8 Å². The van der Waals surface area contributed by atoms with Gasteiger partial charge in [-0.1, -0.05) is 0 Å². The Hall–Kier alpha value is -0.310. The first-order chi connectivity index (χ1) is 8.40. The molecule has 0 aliphatic carbocycles. The summed E-state index contributed by atoms with van der Waals surface area (Å²) in [6.07, 6.45) is 0.759. The standard InChI is InChI=1S/C10H12BrFN2O2S2/c11-8-3-6(13)4-9(10(8)12)18(15,16)14-7-1-2-17-5-7/h3-4,7,14H,1-2,5,13H2. The Labute approximate surface area is 118 Å². The predicted molar refractivity (Wildman–Crippen MR) is 74.6 cm³/mol. The highest BCUT2D eigenvalue weighted by molar-refractivity contribution is 9.10. The highest BCUT2D eigenvalue weighted by atomic mass is 79.9. The summed E-state index contributed by atoms with van der Waals surface area (Å²) >= 11 is 4.62. The van der Waals surface area contributed by atoms with E-state index in [2.05, 4.69) is 20.7 Å². The summed E-state index contributed by atoms with van der Waals surface area (Å²) in [6, 6.07) is 2.32. The fraction of sp³-hybridized carbons (Fsp3) is 0.400. The Morgan fingerprint density at radius 3 is 2.83 bits per heavy atom. The SMILES string of the molecule is Nc1cc(Br)c(F)c(S(=O)(=O)NC2CCSC2)c1. The maximum absolute atomic E-state index is 13.8. The molecule has 0 bridgehead atoms. The van der Waals surface area contributed by atoms with Gasteiger partial charge in [0.25, 0.3) is 0 Å². The third-order valence-electron chi connectivity index (χ3n) is 2.56. The Morgan fingerprint density at radius 1 is 1.50 bits per heavy atom. The van der Waals surface area contributed by atoms with E-state index in [1.165, 1.54) is 6.07 Å². The molecule has 0 amide bonds. The molecule has 1 aromatic rings. The molecule has 100 valence electrons. The zero-order valence-electron chi connectivity index (χ0n) is 9.32. The molecule has 1 aromatic carbocycles. The average molecular weight is 355 g/mol. The van der Waals surface area contributed by atoms with Crippen LogP contribution in [0, 0.1) is 5.82 Å². The number of nitrogens with two attached hydrogens (primary N) is 1. The van der Waals surface area contributed by atoms with Crippen molar-refractivity contribution in [3.63, 3.8) is 0 Å². The summed E-state index contributed by atoms with van der Waals surface area (Å²) in [6.45, 7) is 0. The molecule has 18 heavy (non-hydrogen) atoms. The molecule has 1 heterocycles. The van der Waals surface area contributed by atoms with E-state index in [0.717, 1.165) is 18.2 Å². The molecule has 3 N–H and O–H groups in total. The van der Waals surface area contributed by atoms with Gasteiger partial charge in [-0.3, -0.25) is 0 Å². The molecular formula is C10H12BrFN2O2S2. The van der Waals surface area contributed by atoms with E-state index < -0.39 is 20.7 Å². The lowest BCUT2D eigenvalue weighted by atomic mass is 10.3. The maximum atomic E-state index is 13.8. The lowest BCUT2D eigenvalue weighted by Gasteiger charge is -2.13. The highest BCUT2D eigenvalue weighted by Gasteiger charge is 2.26. The second kappa shape index (κ2) is 5.36. The molecule has 1 aliphatic rings. The van der Waals surface area contributed by atoms with Crippen LogP contribution < -0.4 is 10.5 Å². The van der Waals surface area contributed by atoms with Gasteiger partial charge in [0.05, 0.1) is 4.47 Å². The van der Waals surface area contributed by atoms with Gasteiger partial charge in [0.15, 0.2) is 5.82 Å². The van der Waals surface area contributed by atoms with E-state index in [1.54, 1.807) is 11.8 Å². The maximum Gasteiger partial charge on any atom is 0.243 e. The van der Waals surface area contributed by atoms with Crippen molar-refractivity contribution in [3.8, 4) is 0 Å². The third kappa shape index (κ3) is 2.98. The van der Waals surface area contributed by atoms with Crippen LogP contribution in [0.3, 0.4) is 0 Å². The van der Waals surface area contributed by atoms with Gasteiger partial charge in [-0.15, -0.1) is 0 Å². The van der Waals surface area contributed by atoms with Crippen LogP contribution in [-0.2, 0) is 10.0 Å². The zero-order chi connectivity index (χ0) is 13.3. The van der Waals surface area contributed by atoms with Crippen LogP contribution >= 0.6 is 27.7 Å². The van der Waals surface area contributed by atoms with Crippen LogP contribution in [-0.4, -0.2) is 26.0 Å². The molecule has 0 spiro atoms. The highest BCUT2D eigenvalue weighted by Crippen LogP contribution is 2.27. The molecule has 0 radical (unpaired) electrons. The second-order valence-corrected chi connectivity index (χ2v) is 7.68. The Balaban J connectivity index is 2.34. The molecule has 8 heteroatoms. The number of hydrogen-bond acceptors (Lipinski definition) is 4. The van der Waals surface area contributed by atoms with Gasteiger partial charge in [0, 0.05) is 17.5 Å². The smallest absolute Gasteiger partial charge is 0.243 e. The largest absolute Gasteiger partial charge is 0.399 e. The molecule has 0 aromatic heterocycles. The number of nitrogens with one attached hydrogen (secondary N) is 1. The van der Waals surface area contributed by atoms with Gasteiger partial charge in [0.1, 0.15) is 4.90 Å². The number of hydrogen-bond donors (Lipinski definition) is 2. The first kappa shape index (κ1) is 14.1. The Bertz CT molecular complexity index is 559. The number of anilines is 1. The van der Waals surface area contributed by atoms with Gasteiger partial charge in [-0.25, -0.2) is 17.5 Å². The average Bonchev–Trinajstić information content (AvgIpc) is 2.75. The first-order valence-electron chi connectivity index (χ1n) is 5.25. The minimum atomic E-state index is -3.87. The number of benzene rings is 1. The minimum Gasteiger partial charge on any atom is -0.399 e. The second-order valence-electron chi connectivity index (χ2n) is 4.00. The molecular weight excluding hydrogens is 343 g/mol. The normalized spacial score (nSPS) is 20.2. The van der Waals surface area contributed by atoms with Crippen LogP contribution in [0.1, 0.15) is 6.42 Å². The van der Waals surface area contributed by atoms with Crippen LogP contribution in [0.15, 0.2) is 21.5 Å². The van der Waals surface area contributed by atoms with Crippen LogP contribution in [0.2, 0.25) is 0 Å². The van der Waals surface area contributed by atoms with Crippen molar-refractivity contribution in [2.75, 3.05) is 17.2 Å². The van der Waals surface area contributed by atoms with Crippen molar-refractivity contribution >= 4 is 43.4 Å². The van der Waals surface area contributed by atoms with E-state index >= 15 is 0 Å². The Kier molecular flexibility index (Phi) is 4.20. The van der Waals surface area contributed by atoms with E-state index in [1.807, 2.05) is 0 Å². The molecule has 1 saturated heterocycles. The van der Waals surface area contributed by atoms with Crippen molar-refractivity contribution in [1.29, 1.82) is 0 Å². The zero-order valence-corrected chi connectivity index (χ0v) is 12.5. The van der Waals surface area contributed by atoms with Gasteiger partial charge < -0.3 is 5.73 Å². The first-order valence-corrected chi connectivity index (χ1v) is 8.68. The van der Waals surface area contributed by atoms with Crippen molar-refractivity contribution < 1.29 is 12.8 Å². The predicted octanol–water partition coefficient (Wildman–Crippen LogP) is 1.95.